The first-order valence-corrected chi connectivity index (χ1v) is 12.4. The molecular formula is C22H31F2N2O3P. The van der Waals surface area contributed by atoms with E-state index in [2.05, 4.69) is 0 Å². The Kier molecular flexibility index (Phi) is 5.50. The molecule has 0 radical (unpaired) electrons. The maximum absolute atomic E-state index is 14.7. The van der Waals surface area contributed by atoms with E-state index in [1.807, 2.05) is 23.4 Å². The quantitative estimate of drug-likeness (QED) is 0.530. The van der Waals surface area contributed by atoms with Gasteiger partial charge in [0.15, 0.2) is 0 Å². The van der Waals surface area contributed by atoms with Crippen LogP contribution in [0.15, 0.2) is 18.2 Å². The minimum absolute atomic E-state index is 0.174. The van der Waals surface area contributed by atoms with Crippen molar-refractivity contribution in [1.82, 2.24) is 9.34 Å². The van der Waals surface area contributed by atoms with Crippen molar-refractivity contribution in [1.29, 1.82) is 0 Å². The Morgan fingerprint density at radius 2 is 1.70 bits per heavy atom. The number of hydrogen-bond acceptors (Lipinski definition) is 5. The number of esters is 1. The Morgan fingerprint density at radius 3 is 2.20 bits per heavy atom. The summed E-state index contributed by atoms with van der Waals surface area (Å²) in [5.41, 5.74) is -1.02. The highest BCUT2D eigenvalue weighted by Crippen LogP contribution is 2.79. The maximum atomic E-state index is 14.7. The van der Waals surface area contributed by atoms with Gasteiger partial charge in [-0.25, -0.2) is 8.78 Å². The molecule has 166 valence electrons. The van der Waals surface area contributed by atoms with Crippen molar-refractivity contribution in [3.05, 3.63) is 35.4 Å². The van der Waals surface area contributed by atoms with Gasteiger partial charge < -0.3 is 9.63 Å². The minimum Gasteiger partial charge on any atom is -0.650 e. The van der Waals surface area contributed by atoms with E-state index in [4.69, 9.17) is 4.74 Å². The van der Waals surface area contributed by atoms with Crippen LogP contribution in [0.5, 0.6) is 0 Å². The first-order chi connectivity index (χ1) is 14.0. The first-order valence-electron chi connectivity index (χ1n) is 10.7. The van der Waals surface area contributed by atoms with Crippen LogP contribution in [0, 0.1) is 17.6 Å². The van der Waals surface area contributed by atoms with E-state index < -0.39 is 48.5 Å². The second-order valence-corrected chi connectivity index (χ2v) is 12.9. The van der Waals surface area contributed by atoms with E-state index >= 15 is 0 Å². The number of likely N-dealkylation sites (N-methyl/N-ethyl adjacent to an activating group) is 2. The average Bonchev–Trinajstić information content (AvgIpc) is 3.37. The molecule has 0 spiro atoms. The molecule has 30 heavy (non-hydrogen) atoms. The van der Waals surface area contributed by atoms with E-state index in [-0.39, 0.29) is 17.6 Å². The van der Waals surface area contributed by atoms with Gasteiger partial charge in [-0.3, -0.25) is 4.79 Å². The Morgan fingerprint density at radius 1 is 1.13 bits per heavy atom. The lowest BCUT2D eigenvalue weighted by atomic mass is 9.91. The number of carbonyl (C=O) groups excluding carboxylic acids is 1. The highest BCUT2D eigenvalue weighted by atomic mass is 31.2. The normalized spacial score (nSPS) is 33.9. The number of halogens is 2. The molecule has 1 aliphatic heterocycles. The number of carbonyl (C=O) groups is 1. The van der Waals surface area contributed by atoms with Crippen molar-refractivity contribution in [3.63, 3.8) is 0 Å². The lowest BCUT2D eigenvalue weighted by Gasteiger charge is -2.38. The first kappa shape index (κ1) is 22.1. The number of benzene rings is 1. The zero-order valence-corrected chi connectivity index (χ0v) is 19.2. The van der Waals surface area contributed by atoms with Crippen molar-refractivity contribution in [2.45, 2.75) is 75.7 Å². The molecule has 0 bridgehead atoms. The number of fused-ring (bicyclic) bond motifs is 1. The summed E-state index contributed by atoms with van der Waals surface area (Å²) in [7, 11) is 0.600. The standard InChI is InChI=1S/C22H31F2N2O3P/c1-22(2,3)29-21(27)19-18(14-11-10-13(23)12-15(14)24)20(19)30(28)25(4)16-8-6-7-9-17(16)26(30)5/h10-12,16-20H,6-9H2,1-5H3/t16-,17-,18+,19+,20+/m1/s1. The monoisotopic (exact) mass is 440 g/mol. The molecule has 0 unspecified atom stereocenters. The molecule has 1 aromatic rings. The Labute approximate surface area is 177 Å². The molecule has 2 saturated carbocycles. The molecule has 0 amide bonds. The SMILES string of the molecule is CN1[C@@H]2CCCC[C@H]2N(C)[P+]1([O-])[C@@H]1[C@@H](C(=O)OC(C)(C)C)[C@@H]1c1ccc(F)cc1F. The lowest BCUT2D eigenvalue weighted by molar-refractivity contribution is -0.191. The van der Waals surface area contributed by atoms with Crippen molar-refractivity contribution in [2.75, 3.05) is 14.1 Å². The Hall–Kier alpha value is -1.14. The molecule has 1 saturated heterocycles. The van der Waals surface area contributed by atoms with Crippen LogP contribution in [-0.2, 0) is 9.53 Å². The van der Waals surface area contributed by atoms with Gasteiger partial charge in [0.2, 0.25) is 0 Å². The van der Waals surface area contributed by atoms with E-state index in [0.717, 1.165) is 31.7 Å². The van der Waals surface area contributed by atoms with Crippen LogP contribution in [0.2, 0.25) is 0 Å². The Bertz CT molecular complexity index is 828. The average molecular weight is 440 g/mol. The summed E-state index contributed by atoms with van der Waals surface area (Å²) in [5, 5.41) is 0. The predicted octanol–water partition coefficient (Wildman–Crippen LogP) is 3.70. The molecule has 4 rings (SSSR count). The van der Waals surface area contributed by atoms with Crippen LogP contribution in [0.4, 0.5) is 8.78 Å². The molecule has 1 heterocycles. The minimum atomic E-state index is -3.14. The van der Waals surface area contributed by atoms with Gasteiger partial charge in [0.25, 0.3) is 0 Å². The van der Waals surface area contributed by atoms with Crippen molar-refractivity contribution >= 4 is 13.8 Å². The molecule has 8 heteroatoms. The zero-order chi connectivity index (χ0) is 22.0. The fraction of sp³-hybridized carbons (Fsp3) is 0.682. The molecular weight excluding hydrogens is 409 g/mol. The third-order valence-corrected chi connectivity index (χ3v) is 10.7. The summed E-state index contributed by atoms with van der Waals surface area (Å²) in [6, 6.07) is 3.75. The van der Waals surface area contributed by atoms with Gasteiger partial charge in [-0.1, -0.05) is 18.9 Å². The summed E-state index contributed by atoms with van der Waals surface area (Å²) < 4.78 is 37.7. The topological polar surface area (TPSA) is 55.8 Å². The molecule has 3 fully saturated rings. The van der Waals surface area contributed by atoms with Gasteiger partial charge in [0.1, 0.15) is 36.6 Å². The molecule has 1 aromatic carbocycles. The van der Waals surface area contributed by atoms with E-state index in [9.17, 15) is 18.5 Å². The van der Waals surface area contributed by atoms with Crippen LogP contribution < -0.4 is 4.89 Å². The third-order valence-electron chi connectivity index (χ3n) is 6.93. The van der Waals surface area contributed by atoms with Crippen LogP contribution in [0.25, 0.3) is 0 Å². The molecule has 3 aliphatic rings. The number of nitrogens with zero attached hydrogens (tertiary/aromatic N) is 2. The third kappa shape index (κ3) is 3.48. The van der Waals surface area contributed by atoms with Gasteiger partial charge in [-0.15, -0.1) is 0 Å². The van der Waals surface area contributed by atoms with Gasteiger partial charge >= 0.3 is 5.97 Å². The molecule has 0 N–H and O–H groups in total. The fourth-order valence-electron chi connectivity index (χ4n) is 5.55. The summed E-state index contributed by atoms with van der Waals surface area (Å²) in [6.45, 7) is 5.33. The lowest BCUT2D eigenvalue weighted by Crippen LogP contribution is -2.37. The second kappa shape index (κ2) is 7.47. The number of ether oxygens (including phenoxy) is 1. The van der Waals surface area contributed by atoms with Crippen LogP contribution in [-0.4, -0.2) is 52.7 Å². The molecule has 2 aliphatic carbocycles. The van der Waals surface area contributed by atoms with Crippen molar-refractivity contribution in [3.8, 4) is 0 Å². The van der Waals surface area contributed by atoms with Gasteiger partial charge in [0, 0.05) is 26.1 Å². The smallest absolute Gasteiger partial charge is 0.314 e. The molecule has 5 atom stereocenters. The highest BCUT2D eigenvalue weighted by molar-refractivity contribution is 7.65. The zero-order valence-electron chi connectivity index (χ0n) is 18.3. The number of hydrogen-bond donors (Lipinski definition) is 0. The summed E-state index contributed by atoms with van der Waals surface area (Å²) in [5.74, 6) is -3.14. The van der Waals surface area contributed by atoms with Crippen molar-refractivity contribution in [2.24, 2.45) is 5.92 Å². The molecule has 5 nitrogen and oxygen atoms in total. The number of rotatable bonds is 3. The van der Waals surface area contributed by atoms with Crippen LogP contribution in [0.1, 0.15) is 57.9 Å². The van der Waals surface area contributed by atoms with Crippen LogP contribution >= 0.6 is 7.79 Å². The van der Waals surface area contributed by atoms with E-state index in [1.165, 1.54) is 12.1 Å². The maximum Gasteiger partial charge on any atom is 0.314 e. The summed E-state index contributed by atoms with van der Waals surface area (Å²) in [6.07, 6.45) is 4.12. The van der Waals surface area contributed by atoms with Gasteiger partial charge in [-0.05, 0) is 45.2 Å². The van der Waals surface area contributed by atoms with Crippen LogP contribution in [0.3, 0.4) is 0 Å². The van der Waals surface area contributed by atoms with Crippen molar-refractivity contribution < 1.29 is 23.2 Å². The predicted molar refractivity (Wildman–Crippen MR) is 111 cm³/mol. The van der Waals surface area contributed by atoms with E-state index in [0.29, 0.717) is 0 Å². The van der Waals surface area contributed by atoms with Gasteiger partial charge in [-0.2, -0.15) is 9.34 Å². The second-order valence-electron chi connectivity index (χ2n) is 9.90. The highest BCUT2D eigenvalue weighted by Gasteiger charge is 2.74. The fourth-order valence-corrected chi connectivity index (χ4v) is 9.62. The largest absolute Gasteiger partial charge is 0.650 e. The molecule has 0 aromatic heterocycles. The summed E-state index contributed by atoms with van der Waals surface area (Å²) >= 11 is 0. The Balaban J connectivity index is 1.72. The van der Waals surface area contributed by atoms with E-state index in [1.54, 1.807) is 20.8 Å². The van der Waals surface area contributed by atoms with Gasteiger partial charge in [0.05, 0.1) is 12.1 Å². The summed E-state index contributed by atoms with van der Waals surface area (Å²) in [4.78, 5) is 27.5.